The van der Waals surface area contributed by atoms with Gasteiger partial charge >= 0.3 is 18.0 Å². The summed E-state index contributed by atoms with van der Waals surface area (Å²) >= 11 is 0. The van der Waals surface area contributed by atoms with Crippen molar-refractivity contribution in [2.75, 3.05) is 6.54 Å². The number of aromatic nitrogens is 2. The number of alkyl carbamates (subject to hydrolysis) is 1. The van der Waals surface area contributed by atoms with Gasteiger partial charge in [0, 0.05) is 12.2 Å². The highest BCUT2D eigenvalue weighted by atomic mass is 16.6. The molecule has 6 rings (SSSR count). The summed E-state index contributed by atoms with van der Waals surface area (Å²) in [6, 6.07) is 32.5. The molecule has 2 aromatic heterocycles. The van der Waals surface area contributed by atoms with Crippen LogP contribution in [0.1, 0.15) is 49.4 Å². The van der Waals surface area contributed by atoms with Crippen molar-refractivity contribution in [1.29, 1.82) is 0 Å². The summed E-state index contributed by atoms with van der Waals surface area (Å²) < 4.78 is 22.5. The van der Waals surface area contributed by atoms with Crippen molar-refractivity contribution in [3.05, 3.63) is 144 Å². The lowest BCUT2D eigenvalue weighted by molar-refractivity contribution is -0.166. The molecule has 0 aliphatic carbocycles. The van der Waals surface area contributed by atoms with Crippen LogP contribution in [0.3, 0.4) is 0 Å². The highest BCUT2D eigenvalue weighted by molar-refractivity contribution is 5.87. The number of fused-ring (bicyclic) bond motifs is 2. The number of ether oxygens (including phenoxy) is 4. The van der Waals surface area contributed by atoms with Gasteiger partial charge in [-0.1, -0.05) is 84.9 Å². The Morgan fingerprint density at radius 3 is 1.79 bits per heavy atom. The van der Waals surface area contributed by atoms with Crippen molar-refractivity contribution in [2.45, 2.75) is 58.2 Å². The Balaban J connectivity index is 1.05. The maximum atomic E-state index is 13.4. The van der Waals surface area contributed by atoms with Crippen LogP contribution >= 0.6 is 0 Å². The van der Waals surface area contributed by atoms with Crippen molar-refractivity contribution >= 4 is 45.5 Å². The normalized spacial score (nSPS) is 12.3. The second-order valence-electron chi connectivity index (χ2n) is 14.1. The van der Waals surface area contributed by atoms with Gasteiger partial charge in [0.1, 0.15) is 36.4 Å². The lowest BCUT2D eigenvalue weighted by Gasteiger charge is -2.24. The van der Waals surface area contributed by atoms with E-state index >= 15 is 0 Å². The first-order chi connectivity index (χ1) is 27.4. The van der Waals surface area contributed by atoms with Crippen LogP contribution in [0.15, 0.2) is 122 Å². The summed E-state index contributed by atoms with van der Waals surface area (Å²) in [7, 11) is 0. The van der Waals surface area contributed by atoms with E-state index in [9.17, 15) is 24.3 Å². The van der Waals surface area contributed by atoms with E-state index in [-0.39, 0.29) is 18.7 Å². The van der Waals surface area contributed by atoms with Gasteiger partial charge in [0.15, 0.2) is 0 Å². The molecule has 292 valence electrons. The van der Waals surface area contributed by atoms with Gasteiger partial charge in [0.05, 0.1) is 24.5 Å². The standard InChI is InChI=1S/C44H42N4O9/c1-44(2,3)57-43(53)48-38(25-47-39(49)22-32-18-19-33(23-45-32)54-26-30-14-8-12-28-10-4-6-16-35(28)30)42(52)56-40(41(50)51)37-21-20-34(24-46-37)55-27-31-15-9-13-29-11-5-7-17-36(29)31/h4-21,23-24,38,40H,22,25-27H2,1-3H3,(H,47,49)(H,48,53)(H,50,51)/t38-,40?/m0/s1. The molecule has 0 aliphatic rings. The van der Waals surface area contributed by atoms with Crippen molar-refractivity contribution in [3.8, 4) is 11.5 Å². The molecule has 2 atom stereocenters. The number of benzene rings is 4. The molecule has 13 heteroatoms. The molecule has 3 N–H and O–H groups in total. The molecule has 2 amide bonds. The first-order valence-corrected chi connectivity index (χ1v) is 18.2. The van der Waals surface area contributed by atoms with E-state index in [1.807, 2.05) is 84.9 Å². The number of carboxylic acid groups (broad SMARTS) is 1. The number of nitrogens with zero attached hydrogens (tertiary/aromatic N) is 2. The Morgan fingerprint density at radius 1 is 0.702 bits per heavy atom. The average molecular weight is 771 g/mol. The third-order valence-corrected chi connectivity index (χ3v) is 8.65. The molecule has 0 bridgehead atoms. The van der Waals surface area contributed by atoms with Crippen molar-refractivity contribution in [3.63, 3.8) is 0 Å². The van der Waals surface area contributed by atoms with Gasteiger partial charge in [-0.3, -0.25) is 14.8 Å². The number of rotatable bonds is 15. The van der Waals surface area contributed by atoms with E-state index in [4.69, 9.17) is 18.9 Å². The number of amides is 2. The van der Waals surface area contributed by atoms with E-state index < -0.39 is 48.2 Å². The number of hydrogen-bond donors (Lipinski definition) is 3. The highest BCUT2D eigenvalue weighted by Crippen LogP contribution is 2.24. The molecule has 0 radical (unpaired) electrons. The van der Waals surface area contributed by atoms with Crippen LogP contribution in [0.4, 0.5) is 4.79 Å². The van der Waals surface area contributed by atoms with E-state index in [1.54, 1.807) is 32.9 Å². The maximum absolute atomic E-state index is 13.4. The van der Waals surface area contributed by atoms with E-state index in [2.05, 4.69) is 20.6 Å². The summed E-state index contributed by atoms with van der Waals surface area (Å²) in [6.07, 6.45) is -0.125. The fourth-order valence-corrected chi connectivity index (χ4v) is 5.91. The average Bonchev–Trinajstić information content (AvgIpc) is 3.19. The van der Waals surface area contributed by atoms with Crippen LogP contribution in [0.5, 0.6) is 11.5 Å². The molecular formula is C44H42N4O9. The summed E-state index contributed by atoms with van der Waals surface area (Å²) in [5.41, 5.74) is 1.39. The van der Waals surface area contributed by atoms with Crippen LogP contribution in [-0.4, -0.2) is 57.2 Å². The van der Waals surface area contributed by atoms with Gasteiger partial charge in [-0.15, -0.1) is 0 Å². The van der Waals surface area contributed by atoms with Crippen molar-refractivity contribution in [1.82, 2.24) is 20.6 Å². The molecule has 4 aromatic carbocycles. The molecule has 13 nitrogen and oxygen atoms in total. The minimum Gasteiger partial charge on any atom is -0.487 e. The van der Waals surface area contributed by atoms with Crippen LogP contribution in [0.2, 0.25) is 0 Å². The second-order valence-corrected chi connectivity index (χ2v) is 14.1. The topological polar surface area (TPSA) is 175 Å². The molecule has 57 heavy (non-hydrogen) atoms. The largest absolute Gasteiger partial charge is 0.487 e. The zero-order valence-electron chi connectivity index (χ0n) is 31.6. The third-order valence-electron chi connectivity index (χ3n) is 8.65. The van der Waals surface area contributed by atoms with Gasteiger partial charge in [-0.2, -0.15) is 0 Å². The Kier molecular flexibility index (Phi) is 12.6. The van der Waals surface area contributed by atoms with Crippen molar-refractivity contribution < 1.29 is 43.2 Å². The monoisotopic (exact) mass is 770 g/mol. The lowest BCUT2D eigenvalue weighted by atomic mass is 10.1. The summed E-state index contributed by atoms with van der Waals surface area (Å²) in [5.74, 6) is -2.28. The first-order valence-electron chi connectivity index (χ1n) is 18.2. The third kappa shape index (κ3) is 11.0. The zero-order valence-corrected chi connectivity index (χ0v) is 31.6. The fourth-order valence-electron chi connectivity index (χ4n) is 5.91. The number of pyridine rings is 2. The van der Waals surface area contributed by atoms with Gasteiger partial charge in [0.2, 0.25) is 12.0 Å². The van der Waals surface area contributed by atoms with Gasteiger partial charge in [-0.25, -0.2) is 14.4 Å². The lowest BCUT2D eigenvalue weighted by Crippen LogP contribution is -2.51. The van der Waals surface area contributed by atoms with E-state index in [1.165, 1.54) is 24.5 Å². The molecule has 0 aliphatic heterocycles. The summed E-state index contributed by atoms with van der Waals surface area (Å²) in [4.78, 5) is 59.9. The quantitative estimate of drug-likeness (QED) is 0.0931. The zero-order chi connectivity index (χ0) is 40.4. The Labute approximate surface area is 329 Å². The molecule has 2 heterocycles. The van der Waals surface area contributed by atoms with Crippen LogP contribution < -0.4 is 20.1 Å². The number of nitrogens with one attached hydrogen (secondary N) is 2. The fraction of sp³-hybridized carbons (Fsp3) is 0.227. The number of aliphatic carboxylic acids is 1. The van der Waals surface area contributed by atoms with Crippen molar-refractivity contribution in [2.24, 2.45) is 0 Å². The van der Waals surface area contributed by atoms with Crippen LogP contribution in [-0.2, 0) is 43.5 Å². The molecule has 0 fully saturated rings. The van der Waals surface area contributed by atoms with Gasteiger partial charge < -0.3 is 34.7 Å². The van der Waals surface area contributed by atoms with E-state index in [0.717, 1.165) is 32.7 Å². The molecule has 6 aromatic rings. The predicted molar refractivity (Wildman–Crippen MR) is 211 cm³/mol. The number of carbonyl (C=O) groups is 4. The second kappa shape index (κ2) is 18.1. The molecule has 0 spiro atoms. The van der Waals surface area contributed by atoms with Crippen LogP contribution in [0.25, 0.3) is 21.5 Å². The maximum Gasteiger partial charge on any atom is 0.408 e. The Hall–Kier alpha value is -7.02. The summed E-state index contributed by atoms with van der Waals surface area (Å²) in [6.45, 7) is 5.04. The SMILES string of the molecule is CC(C)(C)OC(=O)N[C@@H](CNC(=O)Cc1ccc(OCc2cccc3ccccc23)cn1)C(=O)OC(C(=O)O)c1ccc(OCc2cccc3ccccc23)cn1. The number of carboxylic acids is 1. The minimum absolute atomic E-state index is 0.0935. The van der Waals surface area contributed by atoms with E-state index in [0.29, 0.717) is 23.8 Å². The first kappa shape index (κ1) is 39.7. The Morgan fingerprint density at radius 2 is 1.26 bits per heavy atom. The van der Waals surface area contributed by atoms with Gasteiger partial charge in [-0.05, 0) is 77.7 Å². The number of esters is 1. The summed E-state index contributed by atoms with van der Waals surface area (Å²) in [5, 5.41) is 19.3. The molecule has 1 unspecified atom stereocenters. The molecule has 0 saturated heterocycles. The Bertz CT molecular complexity index is 2350. The molecular weight excluding hydrogens is 729 g/mol. The predicted octanol–water partition coefficient (Wildman–Crippen LogP) is 6.86. The van der Waals surface area contributed by atoms with Crippen LogP contribution in [0, 0.1) is 0 Å². The highest BCUT2D eigenvalue weighted by Gasteiger charge is 2.32. The number of hydrogen-bond acceptors (Lipinski definition) is 10. The van der Waals surface area contributed by atoms with Gasteiger partial charge in [0.25, 0.3) is 0 Å². The number of carbonyl (C=O) groups excluding carboxylic acids is 3. The molecule has 0 saturated carbocycles. The minimum atomic E-state index is -1.84. The smallest absolute Gasteiger partial charge is 0.408 e.